The highest BCUT2D eigenvalue weighted by molar-refractivity contribution is 6.07. The second-order valence-corrected chi connectivity index (χ2v) is 4.20. The van der Waals surface area contributed by atoms with Crippen molar-refractivity contribution in [3.63, 3.8) is 0 Å². The van der Waals surface area contributed by atoms with Crippen LogP contribution in [-0.2, 0) is 0 Å². The Labute approximate surface area is 120 Å². The minimum Gasteiger partial charge on any atom is -0.478 e. The Bertz CT molecular complexity index is 840. The zero-order valence-electron chi connectivity index (χ0n) is 10.7. The molecule has 1 heterocycles. The Balaban J connectivity index is 3.10. The quantitative estimate of drug-likeness (QED) is 0.675. The van der Waals surface area contributed by atoms with Crippen LogP contribution >= 0.6 is 0 Å². The molecule has 5 N–H and O–H groups in total. The molecule has 0 unspecified atom stereocenters. The first-order chi connectivity index (χ1) is 10.3. The third-order valence-electron chi connectivity index (χ3n) is 2.89. The van der Waals surface area contributed by atoms with Crippen molar-refractivity contribution in [2.24, 2.45) is 0 Å². The molecule has 0 saturated heterocycles. The van der Waals surface area contributed by atoms with Gasteiger partial charge in [-0.3, -0.25) is 4.79 Å². The fourth-order valence-corrected chi connectivity index (χ4v) is 2.03. The molecule has 1 aromatic carbocycles. The molecule has 0 bridgehead atoms. The fraction of sp³-hybridized carbons (Fsp3) is 0. The van der Waals surface area contributed by atoms with Crippen LogP contribution in [0.1, 0.15) is 20.7 Å². The van der Waals surface area contributed by atoms with Gasteiger partial charge < -0.3 is 20.9 Å². The lowest BCUT2D eigenvalue weighted by Crippen LogP contribution is -2.24. The first-order valence-electron chi connectivity index (χ1n) is 5.72. The Hall–Kier alpha value is -3.23. The van der Waals surface area contributed by atoms with Gasteiger partial charge in [-0.25, -0.2) is 18.4 Å². The normalized spacial score (nSPS) is 10.5. The van der Waals surface area contributed by atoms with Crippen LogP contribution in [0.3, 0.4) is 0 Å². The molecule has 0 fully saturated rings. The lowest BCUT2D eigenvalue weighted by molar-refractivity contribution is 0.0695. The van der Waals surface area contributed by atoms with Gasteiger partial charge in [-0.15, -0.1) is 0 Å². The van der Waals surface area contributed by atoms with E-state index in [-0.39, 0.29) is 0 Å². The molecular formula is C13H8F2N2O5. The summed E-state index contributed by atoms with van der Waals surface area (Å²) in [6.45, 7) is 0. The molecule has 0 aliphatic carbocycles. The number of anilines is 1. The molecule has 0 aliphatic rings. The second-order valence-electron chi connectivity index (χ2n) is 4.20. The predicted octanol–water partition coefficient (Wildman–Crippen LogP) is 1.30. The summed E-state index contributed by atoms with van der Waals surface area (Å²) >= 11 is 0. The number of pyridine rings is 1. The molecule has 114 valence electrons. The largest absolute Gasteiger partial charge is 0.478 e. The first kappa shape index (κ1) is 15.2. The third kappa shape index (κ3) is 2.28. The molecule has 2 rings (SSSR count). The number of rotatable bonds is 3. The number of halogens is 2. The maximum atomic E-state index is 13.9. The Morgan fingerprint density at radius 2 is 1.50 bits per heavy atom. The molecule has 0 radical (unpaired) electrons. The number of aromatic carboxylic acids is 2. The van der Waals surface area contributed by atoms with Gasteiger partial charge in [-0.2, -0.15) is 0 Å². The summed E-state index contributed by atoms with van der Waals surface area (Å²) in [6, 6.07) is 2.60. The highest BCUT2D eigenvalue weighted by Gasteiger charge is 2.29. The number of nitrogen functional groups attached to an aromatic ring is 1. The summed E-state index contributed by atoms with van der Waals surface area (Å²) in [5.74, 6) is -6.75. The smallest absolute Gasteiger partial charge is 0.342 e. The third-order valence-corrected chi connectivity index (χ3v) is 2.89. The van der Waals surface area contributed by atoms with Crippen molar-refractivity contribution in [3.8, 4) is 11.1 Å². The monoisotopic (exact) mass is 310 g/mol. The van der Waals surface area contributed by atoms with E-state index in [1.54, 1.807) is 0 Å². The van der Waals surface area contributed by atoms with E-state index in [4.69, 9.17) is 15.9 Å². The van der Waals surface area contributed by atoms with Crippen LogP contribution in [0, 0.1) is 11.6 Å². The zero-order chi connectivity index (χ0) is 16.6. The van der Waals surface area contributed by atoms with Gasteiger partial charge in [0.1, 0.15) is 28.6 Å². The summed E-state index contributed by atoms with van der Waals surface area (Å²) in [5.41, 5.74) is 0.199. The topological polar surface area (TPSA) is 133 Å². The Kier molecular flexibility index (Phi) is 3.64. The van der Waals surface area contributed by atoms with Crippen molar-refractivity contribution in [1.29, 1.82) is 0 Å². The standard InChI is InChI=1S/C13H8F2N2O5/c14-4-2-1-3-5(15)6(4)7-8(12(19)20)10(16)17-11(18)9(7)13(21)22/h1-3H,(H,19,20)(H,21,22)(H3,16,17,18). The molecule has 0 spiro atoms. The van der Waals surface area contributed by atoms with E-state index in [0.29, 0.717) is 0 Å². The number of aromatic nitrogens is 1. The number of hydrogen-bond donors (Lipinski definition) is 4. The minimum absolute atomic E-state index is 0.708. The summed E-state index contributed by atoms with van der Waals surface area (Å²) in [7, 11) is 0. The lowest BCUT2D eigenvalue weighted by Gasteiger charge is -2.13. The van der Waals surface area contributed by atoms with Crippen LogP contribution in [0.2, 0.25) is 0 Å². The number of nitrogens with two attached hydrogens (primary N) is 1. The minimum atomic E-state index is -1.85. The molecule has 0 amide bonds. The zero-order valence-corrected chi connectivity index (χ0v) is 10.7. The highest BCUT2D eigenvalue weighted by atomic mass is 19.1. The molecule has 7 nitrogen and oxygen atoms in total. The van der Waals surface area contributed by atoms with Crippen molar-refractivity contribution >= 4 is 17.8 Å². The van der Waals surface area contributed by atoms with E-state index >= 15 is 0 Å². The van der Waals surface area contributed by atoms with E-state index in [0.717, 1.165) is 18.2 Å². The fourth-order valence-electron chi connectivity index (χ4n) is 2.03. The number of nitrogens with one attached hydrogen (secondary N) is 1. The van der Waals surface area contributed by atoms with Crippen LogP contribution in [0.5, 0.6) is 0 Å². The summed E-state index contributed by atoms with van der Waals surface area (Å²) in [4.78, 5) is 36.1. The number of carbonyl (C=O) groups is 2. The van der Waals surface area contributed by atoms with E-state index in [1.807, 2.05) is 4.98 Å². The Morgan fingerprint density at radius 1 is 1.00 bits per heavy atom. The number of hydrogen-bond acceptors (Lipinski definition) is 4. The molecule has 22 heavy (non-hydrogen) atoms. The number of carboxylic acids is 2. The van der Waals surface area contributed by atoms with Crippen LogP contribution in [0.15, 0.2) is 23.0 Å². The number of carboxylic acid groups (broad SMARTS) is 2. The second kappa shape index (κ2) is 5.28. The molecule has 9 heteroatoms. The molecule has 2 aromatic rings. The average Bonchev–Trinajstić information content (AvgIpc) is 2.36. The van der Waals surface area contributed by atoms with E-state index in [2.05, 4.69) is 0 Å². The van der Waals surface area contributed by atoms with E-state index in [1.165, 1.54) is 0 Å². The highest BCUT2D eigenvalue weighted by Crippen LogP contribution is 2.32. The summed E-state index contributed by atoms with van der Waals surface area (Å²) < 4.78 is 27.8. The van der Waals surface area contributed by atoms with Gasteiger partial charge in [0.2, 0.25) is 0 Å². The van der Waals surface area contributed by atoms with Gasteiger partial charge in [0.25, 0.3) is 5.56 Å². The molecule has 0 atom stereocenters. The molecule has 1 aromatic heterocycles. The van der Waals surface area contributed by atoms with Crippen molar-refractivity contribution in [3.05, 3.63) is 51.3 Å². The SMILES string of the molecule is Nc1[nH]c(=O)c(C(=O)O)c(-c2c(F)cccc2F)c1C(=O)O. The van der Waals surface area contributed by atoms with Gasteiger partial charge in [0, 0.05) is 5.56 Å². The summed E-state index contributed by atoms with van der Waals surface area (Å²) in [6.07, 6.45) is 0. The van der Waals surface area contributed by atoms with Crippen LogP contribution in [-0.4, -0.2) is 27.1 Å². The number of H-pyrrole nitrogens is 1. The van der Waals surface area contributed by atoms with Crippen LogP contribution in [0.25, 0.3) is 11.1 Å². The van der Waals surface area contributed by atoms with Crippen molar-refractivity contribution < 1.29 is 28.6 Å². The van der Waals surface area contributed by atoms with Gasteiger partial charge in [0.05, 0.1) is 5.56 Å². The molecule has 0 aliphatic heterocycles. The maximum Gasteiger partial charge on any atom is 0.342 e. The van der Waals surface area contributed by atoms with Crippen LogP contribution < -0.4 is 11.3 Å². The van der Waals surface area contributed by atoms with Crippen molar-refractivity contribution in [2.45, 2.75) is 0 Å². The maximum absolute atomic E-state index is 13.9. The number of aromatic amines is 1. The lowest BCUT2D eigenvalue weighted by atomic mass is 9.94. The van der Waals surface area contributed by atoms with Gasteiger partial charge in [-0.05, 0) is 12.1 Å². The van der Waals surface area contributed by atoms with Crippen molar-refractivity contribution in [1.82, 2.24) is 4.98 Å². The van der Waals surface area contributed by atoms with Gasteiger partial charge >= 0.3 is 11.9 Å². The summed E-state index contributed by atoms with van der Waals surface area (Å²) in [5, 5.41) is 18.2. The van der Waals surface area contributed by atoms with Crippen molar-refractivity contribution in [2.75, 3.05) is 5.73 Å². The predicted molar refractivity (Wildman–Crippen MR) is 70.7 cm³/mol. The first-order valence-corrected chi connectivity index (χ1v) is 5.72. The van der Waals surface area contributed by atoms with Crippen LogP contribution in [0.4, 0.5) is 14.6 Å². The van der Waals surface area contributed by atoms with Gasteiger partial charge in [0.15, 0.2) is 0 Å². The van der Waals surface area contributed by atoms with E-state index < -0.39 is 57.2 Å². The molecular weight excluding hydrogens is 302 g/mol. The Morgan fingerprint density at radius 3 is 1.95 bits per heavy atom. The average molecular weight is 310 g/mol. The number of benzene rings is 1. The van der Waals surface area contributed by atoms with E-state index in [9.17, 15) is 23.2 Å². The van der Waals surface area contributed by atoms with Gasteiger partial charge in [-0.1, -0.05) is 6.07 Å². The molecule has 0 saturated carbocycles.